The Bertz CT molecular complexity index is 1400. The van der Waals surface area contributed by atoms with E-state index in [1.165, 1.54) is 12.3 Å². The number of nitrogens with one attached hydrogen (secondary N) is 2. The van der Waals surface area contributed by atoms with Crippen LogP contribution in [-0.2, 0) is 24.2 Å². The Labute approximate surface area is 202 Å². The van der Waals surface area contributed by atoms with Crippen molar-refractivity contribution >= 4 is 28.9 Å². The molecule has 0 fully saturated rings. The summed E-state index contributed by atoms with van der Waals surface area (Å²) in [6, 6.07) is 9.00. The summed E-state index contributed by atoms with van der Waals surface area (Å²) >= 11 is 0. The number of amides is 1. The Morgan fingerprint density at radius 1 is 1.23 bits per heavy atom. The van der Waals surface area contributed by atoms with Gasteiger partial charge in [-0.3, -0.25) is 9.78 Å². The van der Waals surface area contributed by atoms with E-state index in [1.807, 2.05) is 37.4 Å². The minimum absolute atomic E-state index is 0.0199. The summed E-state index contributed by atoms with van der Waals surface area (Å²) < 4.78 is 15.7. The van der Waals surface area contributed by atoms with Crippen LogP contribution in [0.15, 0.2) is 42.7 Å². The lowest BCUT2D eigenvalue weighted by molar-refractivity contribution is -0.116. The number of nitrogen functional groups attached to an aromatic ring is 1. The first-order valence-electron chi connectivity index (χ1n) is 11.9. The number of anilines is 3. The summed E-state index contributed by atoms with van der Waals surface area (Å²) in [5, 5.41) is 10.8. The van der Waals surface area contributed by atoms with E-state index in [4.69, 9.17) is 10.7 Å². The molecule has 3 aromatic heterocycles. The first kappa shape index (κ1) is 22.8. The summed E-state index contributed by atoms with van der Waals surface area (Å²) in [5.41, 5.74) is 12.2. The Balaban J connectivity index is 1.59. The van der Waals surface area contributed by atoms with Crippen molar-refractivity contribution in [1.82, 2.24) is 19.6 Å². The molecule has 1 atom stereocenters. The molecule has 1 aliphatic rings. The average molecular weight is 474 g/mol. The number of carbonyl (C=O) groups is 1. The molecule has 0 aliphatic carbocycles. The first-order chi connectivity index (χ1) is 16.9. The molecular weight excluding hydrogens is 445 g/mol. The fourth-order valence-electron chi connectivity index (χ4n) is 4.59. The van der Waals surface area contributed by atoms with Crippen LogP contribution in [0.2, 0.25) is 0 Å². The quantitative estimate of drug-likeness (QED) is 0.400. The third-order valence-electron chi connectivity index (χ3n) is 6.27. The Morgan fingerprint density at radius 3 is 2.80 bits per heavy atom. The van der Waals surface area contributed by atoms with Crippen molar-refractivity contribution in [3.8, 4) is 11.1 Å². The number of carbonyl (C=O) groups excluding carboxylic acids is 1. The molecule has 4 N–H and O–H groups in total. The maximum Gasteiger partial charge on any atom is 0.224 e. The summed E-state index contributed by atoms with van der Waals surface area (Å²) in [6.45, 7) is 4.47. The van der Waals surface area contributed by atoms with Gasteiger partial charge in [-0.05, 0) is 54.5 Å². The second-order valence-electron chi connectivity index (χ2n) is 9.13. The minimum atomic E-state index is -0.367. The molecule has 8 nitrogen and oxygen atoms in total. The smallest absolute Gasteiger partial charge is 0.224 e. The highest BCUT2D eigenvalue weighted by atomic mass is 19.1. The number of halogens is 1. The van der Waals surface area contributed by atoms with Crippen LogP contribution in [0.25, 0.3) is 16.8 Å². The lowest BCUT2D eigenvalue weighted by Crippen LogP contribution is -2.12. The molecule has 2 bridgehead atoms. The molecule has 0 saturated carbocycles. The van der Waals surface area contributed by atoms with E-state index < -0.39 is 0 Å². The van der Waals surface area contributed by atoms with E-state index in [0.717, 1.165) is 41.6 Å². The van der Waals surface area contributed by atoms with Crippen molar-refractivity contribution in [3.05, 3.63) is 65.4 Å². The zero-order valence-corrected chi connectivity index (χ0v) is 19.8. The van der Waals surface area contributed by atoms with Gasteiger partial charge in [0.1, 0.15) is 17.5 Å². The Kier molecular flexibility index (Phi) is 6.07. The molecule has 1 aromatic carbocycles. The molecule has 180 valence electrons. The minimum Gasteiger partial charge on any atom is -0.383 e. The number of nitrogens with two attached hydrogens (primary N) is 1. The fourth-order valence-corrected chi connectivity index (χ4v) is 4.59. The highest BCUT2D eigenvalue weighted by Gasteiger charge is 2.22. The van der Waals surface area contributed by atoms with E-state index in [9.17, 15) is 9.18 Å². The zero-order valence-electron chi connectivity index (χ0n) is 19.8. The van der Waals surface area contributed by atoms with Crippen molar-refractivity contribution in [1.29, 1.82) is 0 Å². The van der Waals surface area contributed by atoms with Gasteiger partial charge in [0.15, 0.2) is 5.65 Å². The van der Waals surface area contributed by atoms with Gasteiger partial charge in [-0.15, -0.1) is 0 Å². The van der Waals surface area contributed by atoms with Gasteiger partial charge in [0.25, 0.3) is 0 Å². The molecule has 4 aromatic rings. The molecule has 1 unspecified atom stereocenters. The summed E-state index contributed by atoms with van der Waals surface area (Å²) in [7, 11) is 0. The molecule has 0 spiro atoms. The summed E-state index contributed by atoms with van der Waals surface area (Å²) in [5.74, 6) is 0.918. The lowest BCUT2D eigenvalue weighted by Gasteiger charge is -2.16. The molecule has 35 heavy (non-hydrogen) atoms. The maximum absolute atomic E-state index is 14.0. The summed E-state index contributed by atoms with van der Waals surface area (Å²) in [6.07, 6.45) is 5.81. The molecule has 1 amide bonds. The molecule has 0 radical (unpaired) electrons. The highest BCUT2D eigenvalue weighted by molar-refractivity contribution is 5.92. The highest BCUT2D eigenvalue weighted by Crippen LogP contribution is 2.35. The maximum atomic E-state index is 14.0. The van der Waals surface area contributed by atoms with E-state index in [-0.39, 0.29) is 17.6 Å². The monoisotopic (exact) mass is 473 g/mol. The number of nitrogens with zero attached hydrogens (tertiary/aromatic N) is 4. The van der Waals surface area contributed by atoms with Gasteiger partial charge < -0.3 is 16.4 Å². The number of benzene rings is 1. The Morgan fingerprint density at radius 2 is 2.03 bits per heavy atom. The van der Waals surface area contributed by atoms with Gasteiger partial charge >= 0.3 is 0 Å². The van der Waals surface area contributed by atoms with Crippen LogP contribution in [0.5, 0.6) is 0 Å². The molecule has 0 saturated heterocycles. The van der Waals surface area contributed by atoms with Crippen LogP contribution in [0.3, 0.4) is 0 Å². The van der Waals surface area contributed by atoms with E-state index in [0.29, 0.717) is 41.5 Å². The van der Waals surface area contributed by atoms with Gasteiger partial charge in [-0.2, -0.15) is 9.61 Å². The van der Waals surface area contributed by atoms with Crippen molar-refractivity contribution in [2.45, 2.75) is 46.1 Å². The van der Waals surface area contributed by atoms with E-state index >= 15 is 0 Å². The molecule has 1 aliphatic heterocycles. The SMILES string of the molecule is CCCC(=O)Nc1ccc(-c2c3nc4c(cnn4c2N)CC(C)Cc2ncc(F)cc2CN3)cc1. The second-order valence-corrected chi connectivity index (χ2v) is 9.13. The number of rotatable bonds is 4. The normalized spacial score (nSPS) is 15.3. The zero-order chi connectivity index (χ0) is 24.5. The predicted octanol–water partition coefficient (Wildman–Crippen LogP) is 4.60. The number of pyridine rings is 1. The van der Waals surface area contributed by atoms with Crippen LogP contribution >= 0.6 is 0 Å². The number of aromatic nitrogens is 4. The van der Waals surface area contributed by atoms with Gasteiger partial charge in [-0.25, -0.2) is 9.37 Å². The van der Waals surface area contributed by atoms with Crippen molar-refractivity contribution in [2.24, 2.45) is 5.92 Å². The first-order valence-corrected chi connectivity index (χ1v) is 11.9. The van der Waals surface area contributed by atoms with Crippen molar-refractivity contribution < 1.29 is 9.18 Å². The molecule has 4 heterocycles. The van der Waals surface area contributed by atoms with Gasteiger partial charge in [0.2, 0.25) is 5.91 Å². The topological polar surface area (TPSA) is 110 Å². The van der Waals surface area contributed by atoms with E-state index in [2.05, 4.69) is 27.6 Å². The van der Waals surface area contributed by atoms with Crippen LogP contribution in [0.1, 0.15) is 43.5 Å². The van der Waals surface area contributed by atoms with Crippen molar-refractivity contribution in [2.75, 3.05) is 16.4 Å². The molecular formula is C26H28FN7O. The third-order valence-corrected chi connectivity index (χ3v) is 6.27. The largest absolute Gasteiger partial charge is 0.383 e. The van der Waals surface area contributed by atoms with Crippen LogP contribution in [-0.4, -0.2) is 25.5 Å². The standard InChI is InChI=1S/C26H28FN7O/c1-3-4-22(35)32-20-7-5-16(6-8-20)23-24(28)34-26-18(13-31-34)9-15(2)10-21-17(11-19(27)14-29-21)12-30-25(23)33-26/h5-8,11,13-15H,3-4,9-10,12,28H2,1-2H3,(H,30,33)(H,32,35). The number of hydrogen-bond acceptors (Lipinski definition) is 6. The van der Waals surface area contributed by atoms with Gasteiger partial charge in [-0.1, -0.05) is 26.0 Å². The van der Waals surface area contributed by atoms with Crippen molar-refractivity contribution in [3.63, 3.8) is 0 Å². The second kappa shape index (κ2) is 9.32. The third kappa shape index (κ3) is 4.53. The summed E-state index contributed by atoms with van der Waals surface area (Å²) in [4.78, 5) is 21.2. The molecule has 9 heteroatoms. The predicted molar refractivity (Wildman–Crippen MR) is 134 cm³/mol. The van der Waals surface area contributed by atoms with Crippen LogP contribution in [0, 0.1) is 11.7 Å². The number of hydrogen-bond donors (Lipinski definition) is 3. The Hall–Kier alpha value is -4.01. The van der Waals surface area contributed by atoms with E-state index in [1.54, 1.807) is 4.52 Å². The van der Waals surface area contributed by atoms with Gasteiger partial charge in [0.05, 0.1) is 18.0 Å². The van der Waals surface area contributed by atoms with Gasteiger partial charge in [0, 0.05) is 29.9 Å². The average Bonchev–Trinajstić information content (AvgIpc) is 3.22. The fraction of sp³-hybridized carbons (Fsp3) is 0.308. The number of fused-ring (bicyclic) bond motifs is 2. The molecule has 5 rings (SSSR count). The van der Waals surface area contributed by atoms with Crippen LogP contribution in [0.4, 0.5) is 21.7 Å². The van der Waals surface area contributed by atoms with Crippen LogP contribution < -0.4 is 16.4 Å². The lowest BCUT2D eigenvalue weighted by atomic mass is 9.96.